The highest BCUT2D eigenvalue weighted by Crippen LogP contribution is 2.31. The lowest BCUT2D eigenvalue weighted by Crippen LogP contribution is -2.54. The Kier molecular flexibility index (Phi) is 5.82. The fraction of sp³-hybridized carbons (Fsp3) is 0.350. The summed E-state index contributed by atoms with van der Waals surface area (Å²) in [6, 6.07) is 10.7. The Morgan fingerprint density at radius 1 is 1.10 bits per heavy atom. The van der Waals surface area contributed by atoms with Gasteiger partial charge in [0.25, 0.3) is 5.91 Å². The quantitative estimate of drug-likeness (QED) is 0.763. The number of aromatic nitrogens is 1. The predicted octanol–water partition coefficient (Wildman–Crippen LogP) is 1.66. The lowest BCUT2D eigenvalue weighted by molar-refractivity contribution is -0.143. The number of nitrogens with one attached hydrogen (secondary N) is 1. The van der Waals surface area contributed by atoms with Gasteiger partial charge in [0.15, 0.2) is 16.7 Å². The zero-order valence-corrected chi connectivity index (χ0v) is 16.5. The van der Waals surface area contributed by atoms with Crippen LogP contribution in [0.1, 0.15) is 0 Å². The number of halogens is 1. The van der Waals surface area contributed by atoms with Crippen LogP contribution < -0.4 is 14.8 Å². The first-order valence-electron chi connectivity index (χ1n) is 9.40. The first-order chi connectivity index (χ1) is 14.1. The first kappa shape index (κ1) is 19.5. The number of hydrogen-bond acceptors (Lipinski definition) is 6. The normalized spacial score (nSPS) is 18.9. The maximum Gasteiger partial charge on any atom is 0.267 e. The number of para-hydroxylation sites is 2. The highest BCUT2D eigenvalue weighted by molar-refractivity contribution is 6.32. The van der Waals surface area contributed by atoms with Gasteiger partial charge in [-0.3, -0.25) is 14.5 Å². The van der Waals surface area contributed by atoms with Gasteiger partial charge in [0.1, 0.15) is 6.61 Å². The van der Waals surface area contributed by atoms with Crippen LogP contribution in [0, 0.1) is 0 Å². The number of benzene rings is 1. The molecule has 1 fully saturated rings. The van der Waals surface area contributed by atoms with Crippen molar-refractivity contribution in [3.63, 3.8) is 0 Å². The van der Waals surface area contributed by atoms with E-state index in [0.717, 1.165) is 0 Å². The van der Waals surface area contributed by atoms with E-state index >= 15 is 0 Å². The molecule has 1 N–H and O–H groups in total. The lowest BCUT2D eigenvalue weighted by Gasteiger charge is -2.36. The van der Waals surface area contributed by atoms with Gasteiger partial charge >= 0.3 is 0 Å². The van der Waals surface area contributed by atoms with Gasteiger partial charge in [0, 0.05) is 32.4 Å². The number of fused-ring (bicyclic) bond motifs is 1. The number of nitrogens with zero attached hydrogens (tertiary/aromatic N) is 3. The van der Waals surface area contributed by atoms with Gasteiger partial charge in [-0.15, -0.1) is 0 Å². The minimum atomic E-state index is -0.646. The average Bonchev–Trinajstić information content (AvgIpc) is 2.75. The molecule has 1 aromatic heterocycles. The maximum absolute atomic E-state index is 12.8. The number of pyridine rings is 1. The van der Waals surface area contributed by atoms with Gasteiger partial charge in [-0.05, 0) is 24.3 Å². The van der Waals surface area contributed by atoms with Gasteiger partial charge in [0.2, 0.25) is 12.0 Å². The van der Waals surface area contributed by atoms with Crippen LogP contribution in [0.5, 0.6) is 11.5 Å². The van der Waals surface area contributed by atoms with Crippen molar-refractivity contribution in [2.45, 2.75) is 6.10 Å². The molecule has 4 rings (SSSR count). The lowest BCUT2D eigenvalue weighted by atomic mass is 10.2. The Morgan fingerprint density at radius 2 is 1.86 bits per heavy atom. The van der Waals surface area contributed by atoms with Gasteiger partial charge in [0.05, 0.1) is 12.2 Å². The molecule has 0 saturated carbocycles. The van der Waals surface area contributed by atoms with Crippen LogP contribution in [0.25, 0.3) is 0 Å². The van der Waals surface area contributed by atoms with E-state index < -0.39 is 6.10 Å². The number of rotatable bonds is 4. The molecule has 9 heteroatoms. The molecule has 0 aliphatic carbocycles. The number of carbonyl (C=O) groups is 2. The Balaban J connectivity index is 1.26. The number of carbonyl (C=O) groups excluding carboxylic acids is 2. The summed E-state index contributed by atoms with van der Waals surface area (Å²) < 4.78 is 11.4. The van der Waals surface area contributed by atoms with Crippen LogP contribution in [0.2, 0.25) is 5.15 Å². The van der Waals surface area contributed by atoms with E-state index in [2.05, 4.69) is 10.3 Å². The van der Waals surface area contributed by atoms with Crippen molar-refractivity contribution < 1.29 is 19.1 Å². The van der Waals surface area contributed by atoms with Crippen LogP contribution in [-0.2, 0) is 9.59 Å². The minimum absolute atomic E-state index is 0.0919. The third-order valence-corrected chi connectivity index (χ3v) is 5.17. The van der Waals surface area contributed by atoms with Crippen molar-refractivity contribution in [2.24, 2.45) is 0 Å². The minimum Gasteiger partial charge on any atom is -0.485 e. The summed E-state index contributed by atoms with van der Waals surface area (Å²) in [5.41, 5.74) is 0.489. The van der Waals surface area contributed by atoms with Crippen LogP contribution in [0.15, 0.2) is 42.6 Å². The van der Waals surface area contributed by atoms with Crippen molar-refractivity contribution in [2.75, 3.05) is 44.6 Å². The summed E-state index contributed by atoms with van der Waals surface area (Å²) in [7, 11) is 0. The predicted molar refractivity (Wildman–Crippen MR) is 107 cm³/mol. The molecule has 0 unspecified atom stereocenters. The summed E-state index contributed by atoms with van der Waals surface area (Å²) in [5.74, 6) is 0.980. The van der Waals surface area contributed by atoms with E-state index in [-0.39, 0.29) is 30.1 Å². The van der Waals surface area contributed by atoms with Gasteiger partial charge in [-0.2, -0.15) is 0 Å². The monoisotopic (exact) mass is 416 g/mol. The number of amides is 2. The fourth-order valence-electron chi connectivity index (χ4n) is 3.34. The molecule has 152 valence electrons. The van der Waals surface area contributed by atoms with Gasteiger partial charge in [-0.25, -0.2) is 4.98 Å². The molecule has 29 heavy (non-hydrogen) atoms. The van der Waals surface area contributed by atoms with Crippen LogP contribution >= 0.6 is 11.6 Å². The molecule has 0 radical (unpaired) electrons. The number of hydrogen-bond donors (Lipinski definition) is 1. The zero-order valence-electron chi connectivity index (χ0n) is 15.7. The molecule has 2 aromatic rings. The molecule has 1 aromatic carbocycles. The molecule has 2 aliphatic rings. The van der Waals surface area contributed by atoms with Crippen molar-refractivity contribution in [3.05, 3.63) is 47.7 Å². The molecule has 0 bridgehead atoms. The highest BCUT2D eigenvalue weighted by atomic mass is 35.5. The van der Waals surface area contributed by atoms with Gasteiger partial charge in [-0.1, -0.05) is 23.7 Å². The Labute approximate surface area is 173 Å². The summed E-state index contributed by atoms with van der Waals surface area (Å²) in [4.78, 5) is 32.7. The smallest absolute Gasteiger partial charge is 0.267 e. The van der Waals surface area contributed by atoms with E-state index in [1.54, 1.807) is 29.3 Å². The second-order valence-electron chi connectivity index (χ2n) is 6.86. The average molecular weight is 417 g/mol. The van der Waals surface area contributed by atoms with Gasteiger partial charge < -0.3 is 19.7 Å². The Morgan fingerprint density at radius 3 is 2.62 bits per heavy atom. The molecule has 2 aliphatic heterocycles. The van der Waals surface area contributed by atoms with E-state index in [1.165, 1.54) is 0 Å². The molecule has 8 nitrogen and oxygen atoms in total. The van der Waals surface area contributed by atoms with Crippen LogP contribution in [0.4, 0.5) is 5.69 Å². The molecule has 1 saturated heterocycles. The van der Waals surface area contributed by atoms with E-state index in [4.69, 9.17) is 21.1 Å². The van der Waals surface area contributed by atoms with E-state index in [0.29, 0.717) is 43.4 Å². The van der Waals surface area contributed by atoms with E-state index in [1.807, 2.05) is 23.1 Å². The SMILES string of the molecule is O=C(CN1CCN(C(=O)[C@H]2COc3ccccc3O2)CC1)Nc1cccnc1Cl. The molecular weight excluding hydrogens is 396 g/mol. The van der Waals surface area contributed by atoms with Crippen LogP contribution in [-0.4, -0.2) is 72.0 Å². The molecular formula is C20H21ClN4O4. The summed E-state index contributed by atoms with van der Waals surface area (Å²) in [6.07, 6.45) is 0.918. The molecule has 0 spiro atoms. The standard InChI is InChI=1S/C20H21ClN4O4/c21-19-14(4-3-7-22-19)23-18(26)12-24-8-10-25(11-9-24)20(27)17-13-28-15-5-1-2-6-16(15)29-17/h1-7,17H,8-13H2,(H,23,26)/t17-/m1/s1. The second-order valence-corrected chi connectivity index (χ2v) is 7.21. The first-order valence-corrected chi connectivity index (χ1v) is 9.78. The second kappa shape index (κ2) is 8.67. The fourth-order valence-corrected chi connectivity index (χ4v) is 3.51. The third-order valence-electron chi connectivity index (χ3n) is 4.87. The van der Waals surface area contributed by atoms with Crippen LogP contribution in [0.3, 0.4) is 0 Å². The summed E-state index contributed by atoms with van der Waals surface area (Å²) >= 11 is 5.96. The highest BCUT2D eigenvalue weighted by Gasteiger charge is 2.32. The number of piperazine rings is 1. The zero-order chi connectivity index (χ0) is 20.2. The summed E-state index contributed by atoms with van der Waals surface area (Å²) in [5, 5.41) is 3.02. The van der Waals surface area contributed by atoms with Crippen molar-refractivity contribution in [1.82, 2.24) is 14.8 Å². The van der Waals surface area contributed by atoms with Crippen molar-refractivity contribution in [1.29, 1.82) is 0 Å². The molecule has 1 atom stereocenters. The molecule has 3 heterocycles. The topological polar surface area (TPSA) is 84.0 Å². The Hall–Kier alpha value is -2.84. The molecule has 2 amide bonds. The maximum atomic E-state index is 12.8. The largest absolute Gasteiger partial charge is 0.485 e. The Bertz CT molecular complexity index is 902. The number of anilines is 1. The third kappa shape index (κ3) is 4.60. The van der Waals surface area contributed by atoms with Crippen molar-refractivity contribution in [3.8, 4) is 11.5 Å². The summed E-state index contributed by atoms with van der Waals surface area (Å²) in [6.45, 7) is 2.69. The van der Waals surface area contributed by atoms with E-state index in [9.17, 15) is 9.59 Å². The van der Waals surface area contributed by atoms with Crippen molar-refractivity contribution >= 4 is 29.1 Å². The number of ether oxygens (including phenoxy) is 2.